The van der Waals surface area contributed by atoms with Crippen LogP contribution in [0.15, 0.2) is 48.8 Å². The van der Waals surface area contributed by atoms with Gasteiger partial charge in [0.25, 0.3) is 5.91 Å². The van der Waals surface area contributed by atoms with Crippen molar-refractivity contribution >= 4 is 34.2 Å². The van der Waals surface area contributed by atoms with Crippen molar-refractivity contribution in [3.63, 3.8) is 0 Å². The molecule has 0 unspecified atom stereocenters. The molecule has 0 radical (unpaired) electrons. The summed E-state index contributed by atoms with van der Waals surface area (Å²) in [5, 5.41) is 9.14. The maximum atomic E-state index is 12.5. The molecule has 2 rings (SSSR count). The monoisotopic (exact) mass is 368 g/mol. The van der Waals surface area contributed by atoms with Crippen molar-refractivity contribution < 1.29 is 9.90 Å². The van der Waals surface area contributed by atoms with E-state index in [1.165, 1.54) is 6.20 Å². The summed E-state index contributed by atoms with van der Waals surface area (Å²) in [4.78, 5) is 18.0. The summed E-state index contributed by atoms with van der Waals surface area (Å²) < 4.78 is 0.903. The molecule has 1 heterocycles. The lowest BCUT2D eigenvalue weighted by atomic mass is 10.2. The molecule has 0 saturated carbocycles. The van der Waals surface area contributed by atoms with Crippen molar-refractivity contribution in [2.24, 2.45) is 0 Å². The number of hydrogen-bond acceptors (Lipinski definition) is 3. The number of aliphatic hydroxyl groups is 1. The minimum absolute atomic E-state index is 0.0853. The van der Waals surface area contributed by atoms with Gasteiger partial charge in [0.15, 0.2) is 0 Å². The zero-order valence-electron chi connectivity index (χ0n) is 10.2. The molecule has 2 aromatic rings. The first-order chi connectivity index (χ1) is 9.22. The van der Waals surface area contributed by atoms with Gasteiger partial charge in [-0.15, -0.1) is 0 Å². The van der Waals surface area contributed by atoms with Gasteiger partial charge in [0.05, 0.1) is 12.2 Å². The van der Waals surface area contributed by atoms with E-state index in [1.807, 2.05) is 30.3 Å². The highest BCUT2D eigenvalue weighted by Gasteiger charge is 2.17. The Labute approximate surface area is 125 Å². The van der Waals surface area contributed by atoms with E-state index in [-0.39, 0.29) is 19.1 Å². The molecule has 5 heteroatoms. The molecule has 0 aliphatic rings. The number of carbonyl (C=O) groups excluding carboxylic acids is 1. The van der Waals surface area contributed by atoms with E-state index in [0.717, 1.165) is 9.26 Å². The number of hydrogen-bond donors (Lipinski definition) is 1. The molecule has 0 aliphatic heterocycles. The molecule has 0 saturated heterocycles. The number of carbonyl (C=O) groups is 1. The molecule has 4 nitrogen and oxygen atoms in total. The Bertz CT molecular complexity index is 560. The van der Waals surface area contributed by atoms with Crippen LogP contribution >= 0.6 is 22.6 Å². The highest BCUT2D eigenvalue weighted by molar-refractivity contribution is 14.1. The van der Waals surface area contributed by atoms with Crippen molar-refractivity contribution in [3.05, 3.63) is 57.9 Å². The van der Waals surface area contributed by atoms with Crippen molar-refractivity contribution in [1.29, 1.82) is 0 Å². The Hall–Kier alpha value is -1.47. The van der Waals surface area contributed by atoms with Crippen molar-refractivity contribution in [3.8, 4) is 0 Å². The number of benzene rings is 1. The lowest BCUT2D eigenvalue weighted by Crippen LogP contribution is -2.33. The molecule has 1 amide bonds. The molecule has 0 atom stereocenters. The molecule has 1 N–H and O–H groups in total. The second-order valence-corrected chi connectivity index (χ2v) is 5.15. The Morgan fingerprint density at radius 2 is 2.00 bits per heavy atom. The van der Waals surface area contributed by atoms with Gasteiger partial charge >= 0.3 is 0 Å². The average Bonchev–Trinajstić information content (AvgIpc) is 2.45. The van der Waals surface area contributed by atoms with Gasteiger partial charge < -0.3 is 10.0 Å². The largest absolute Gasteiger partial charge is 0.395 e. The van der Waals surface area contributed by atoms with Crippen molar-refractivity contribution in [2.45, 2.75) is 0 Å². The third-order valence-electron chi connectivity index (χ3n) is 2.59. The predicted octanol–water partition coefficient (Wildman–Crippen LogP) is 2.33. The zero-order valence-corrected chi connectivity index (χ0v) is 12.3. The number of nitrogens with zero attached hydrogens (tertiary/aromatic N) is 2. The molecular weight excluding hydrogens is 355 g/mol. The van der Waals surface area contributed by atoms with Crippen LogP contribution in [-0.4, -0.2) is 29.1 Å². The second-order valence-electron chi connectivity index (χ2n) is 3.91. The lowest BCUT2D eigenvalue weighted by Gasteiger charge is -2.21. The summed E-state index contributed by atoms with van der Waals surface area (Å²) in [6.45, 7) is 0.173. The molecule has 98 valence electrons. The van der Waals surface area contributed by atoms with Gasteiger partial charge in [-0.2, -0.15) is 0 Å². The van der Waals surface area contributed by atoms with Crippen LogP contribution in [0.5, 0.6) is 0 Å². The van der Waals surface area contributed by atoms with Crippen molar-refractivity contribution in [1.82, 2.24) is 4.98 Å². The Kier molecular flexibility index (Phi) is 4.86. The van der Waals surface area contributed by atoms with Crippen LogP contribution in [0.3, 0.4) is 0 Å². The fourth-order valence-electron chi connectivity index (χ4n) is 1.74. The molecule has 0 aliphatic carbocycles. The van der Waals surface area contributed by atoms with Gasteiger partial charge in [0.1, 0.15) is 0 Å². The highest BCUT2D eigenvalue weighted by Crippen LogP contribution is 2.17. The van der Waals surface area contributed by atoms with E-state index < -0.39 is 0 Å². The fourth-order valence-corrected chi connectivity index (χ4v) is 2.24. The smallest absolute Gasteiger partial charge is 0.259 e. The number of halogens is 1. The number of aromatic nitrogens is 1. The summed E-state index contributed by atoms with van der Waals surface area (Å²) >= 11 is 2.12. The quantitative estimate of drug-likeness (QED) is 0.843. The van der Waals surface area contributed by atoms with E-state index >= 15 is 0 Å². The fraction of sp³-hybridized carbons (Fsp3) is 0.143. The molecule has 0 fully saturated rings. The Balaban J connectivity index is 2.32. The first kappa shape index (κ1) is 14.0. The predicted molar refractivity (Wildman–Crippen MR) is 82.2 cm³/mol. The third-order valence-corrected chi connectivity index (χ3v) is 3.18. The van der Waals surface area contributed by atoms with E-state index in [1.54, 1.807) is 17.2 Å². The van der Waals surface area contributed by atoms with Crippen LogP contribution in [0.2, 0.25) is 0 Å². The van der Waals surface area contributed by atoms with Gasteiger partial charge in [-0.25, -0.2) is 0 Å². The molecule has 1 aromatic heterocycles. The number of pyridine rings is 1. The van der Waals surface area contributed by atoms with Crippen LogP contribution < -0.4 is 4.90 Å². The van der Waals surface area contributed by atoms with Crippen LogP contribution in [0.4, 0.5) is 5.69 Å². The minimum atomic E-state index is -0.161. The number of rotatable bonds is 4. The molecule has 0 spiro atoms. The van der Waals surface area contributed by atoms with Crippen LogP contribution in [-0.2, 0) is 0 Å². The van der Waals surface area contributed by atoms with E-state index in [4.69, 9.17) is 5.11 Å². The van der Waals surface area contributed by atoms with Crippen LogP contribution in [0, 0.1) is 3.57 Å². The summed E-state index contributed by atoms with van der Waals surface area (Å²) in [5.41, 5.74) is 1.28. The zero-order chi connectivity index (χ0) is 13.7. The third kappa shape index (κ3) is 3.51. The lowest BCUT2D eigenvalue weighted by molar-refractivity contribution is 0.0980. The molecule has 0 bridgehead atoms. The summed E-state index contributed by atoms with van der Waals surface area (Å²) in [5.74, 6) is -0.161. The molecular formula is C14H13IN2O2. The van der Waals surface area contributed by atoms with Gasteiger partial charge in [-0.3, -0.25) is 9.78 Å². The van der Waals surface area contributed by atoms with E-state index in [0.29, 0.717) is 5.56 Å². The van der Waals surface area contributed by atoms with E-state index in [2.05, 4.69) is 27.6 Å². The summed E-state index contributed by atoms with van der Waals surface area (Å²) in [7, 11) is 0. The first-order valence-electron chi connectivity index (χ1n) is 5.80. The normalized spacial score (nSPS) is 10.2. The average molecular weight is 368 g/mol. The molecule has 19 heavy (non-hydrogen) atoms. The van der Waals surface area contributed by atoms with Gasteiger partial charge in [-0.1, -0.05) is 18.2 Å². The first-order valence-corrected chi connectivity index (χ1v) is 6.88. The van der Waals surface area contributed by atoms with Gasteiger partial charge in [-0.05, 0) is 40.8 Å². The van der Waals surface area contributed by atoms with Gasteiger partial charge in [0, 0.05) is 28.2 Å². The summed E-state index contributed by atoms with van der Waals surface area (Å²) in [6.07, 6.45) is 3.23. The SMILES string of the molecule is O=C(c1cncc(I)c1)N(CCO)c1ccccc1. The second kappa shape index (κ2) is 6.63. The van der Waals surface area contributed by atoms with Gasteiger partial charge in [0.2, 0.25) is 0 Å². The number of para-hydroxylation sites is 1. The van der Waals surface area contributed by atoms with Crippen LogP contribution in [0.1, 0.15) is 10.4 Å². The Morgan fingerprint density at radius 1 is 1.26 bits per heavy atom. The summed E-state index contributed by atoms with van der Waals surface area (Å²) in [6, 6.07) is 11.1. The number of anilines is 1. The van der Waals surface area contributed by atoms with Crippen molar-refractivity contribution in [2.75, 3.05) is 18.1 Å². The minimum Gasteiger partial charge on any atom is -0.395 e. The maximum absolute atomic E-state index is 12.5. The molecule has 1 aromatic carbocycles. The van der Waals surface area contributed by atoms with Crippen LogP contribution in [0.25, 0.3) is 0 Å². The number of amides is 1. The Morgan fingerprint density at radius 3 is 2.63 bits per heavy atom. The van der Waals surface area contributed by atoms with E-state index in [9.17, 15) is 4.79 Å². The standard InChI is InChI=1S/C14H13IN2O2/c15-12-8-11(9-16-10-12)14(19)17(6-7-18)13-4-2-1-3-5-13/h1-5,8-10,18H,6-7H2. The topological polar surface area (TPSA) is 53.4 Å². The maximum Gasteiger partial charge on any atom is 0.259 e. The number of aliphatic hydroxyl groups excluding tert-OH is 1. The highest BCUT2D eigenvalue weighted by atomic mass is 127.